The van der Waals surface area contributed by atoms with Crippen molar-refractivity contribution in [1.29, 1.82) is 0 Å². The Balaban J connectivity index is 1.81. The Morgan fingerprint density at radius 3 is 2.35 bits per heavy atom. The number of aromatic nitrogens is 1. The van der Waals surface area contributed by atoms with Crippen LogP contribution in [0.4, 0.5) is 0 Å². The summed E-state index contributed by atoms with van der Waals surface area (Å²) in [6, 6.07) is 12.8. The Kier molecular flexibility index (Phi) is 13.0. The van der Waals surface area contributed by atoms with Crippen LogP contribution < -0.4 is 4.74 Å². The Morgan fingerprint density at radius 2 is 1.58 bits per heavy atom. The zero-order valence-corrected chi connectivity index (χ0v) is 20.4. The maximum Gasteiger partial charge on any atom is 0.128 e. The smallest absolute Gasteiger partial charge is 0.128 e. The summed E-state index contributed by atoms with van der Waals surface area (Å²) in [5.41, 5.74) is 3.54. The van der Waals surface area contributed by atoms with E-state index in [1.54, 1.807) is 0 Å². The maximum atomic E-state index is 6.16. The third kappa shape index (κ3) is 10.4. The van der Waals surface area contributed by atoms with Crippen LogP contribution >= 0.6 is 0 Å². The first-order valence-corrected chi connectivity index (χ1v) is 12.9. The first-order chi connectivity index (χ1) is 15.2. The molecule has 0 bridgehead atoms. The van der Waals surface area contributed by atoms with Crippen molar-refractivity contribution >= 4 is 0 Å². The lowest BCUT2D eigenvalue weighted by atomic mass is 10.0. The molecule has 0 aliphatic heterocycles. The van der Waals surface area contributed by atoms with E-state index >= 15 is 0 Å². The number of unbranched alkanes of at least 4 members (excludes halogenated alkanes) is 8. The minimum atomic E-state index is 0.783. The molecule has 0 saturated carbocycles. The fourth-order valence-electron chi connectivity index (χ4n) is 4.03. The van der Waals surface area contributed by atoms with Gasteiger partial charge >= 0.3 is 0 Å². The van der Waals surface area contributed by atoms with Crippen LogP contribution in [-0.4, -0.2) is 11.6 Å². The lowest BCUT2D eigenvalue weighted by Gasteiger charge is -2.13. The van der Waals surface area contributed by atoms with Crippen LogP contribution in [0.25, 0.3) is 11.3 Å². The highest BCUT2D eigenvalue weighted by Crippen LogP contribution is 2.29. The zero-order chi connectivity index (χ0) is 22.2. The van der Waals surface area contributed by atoms with Crippen molar-refractivity contribution in [2.45, 2.75) is 104 Å². The molecule has 0 aliphatic rings. The van der Waals surface area contributed by atoms with E-state index in [-0.39, 0.29) is 0 Å². The van der Waals surface area contributed by atoms with E-state index in [9.17, 15) is 0 Å². The number of ether oxygens (including phenoxy) is 1. The predicted molar refractivity (Wildman–Crippen MR) is 135 cm³/mol. The number of rotatable bonds is 17. The molecule has 1 heterocycles. The van der Waals surface area contributed by atoms with Gasteiger partial charge in [0.2, 0.25) is 0 Å². The van der Waals surface area contributed by atoms with Crippen LogP contribution in [0.1, 0.15) is 103 Å². The summed E-state index contributed by atoms with van der Waals surface area (Å²) >= 11 is 0. The summed E-state index contributed by atoms with van der Waals surface area (Å²) in [5.74, 6) is 1.78. The van der Waals surface area contributed by atoms with Gasteiger partial charge in [-0.25, -0.2) is 0 Å². The highest BCUT2D eigenvalue weighted by atomic mass is 16.5. The first kappa shape index (κ1) is 25.4. The molecule has 0 amide bonds. The summed E-state index contributed by atoms with van der Waals surface area (Å²) in [6.45, 7) is 7.67. The van der Waals surface area contributed by atoms with Crippen molar-refractivity contribution in [2.75, 3.05) is 6.61 Å². The van der Waals surface area contributed by atoms with Crippen molar-refractivity contribution in [3.63, 3.8) is 0 Å². The van der Waals surface area contributed by atoms with Crippen LogP contribution in [0.15, 0.2) is 42.6 Å². The minimum absolute atomic E-state index is 0.783. The van der Waals surface area contributed by atoms with E-state index in [0.29, 0.717) is 0 Å². The van der Waals surface area contributed by atoms with Crippen molar-refractivity contribution in [2.24, 2.45) is 5.92 Å². The van der Waals surface area contributed by atoms with Crippen molar-refractivity contribution in [3.05, 3.63) is 48.2 Å². The largest absolute Gasteiger partial charge is 0.493 e. The molecule has 2 nitrogen and oxygen atoms in total. The first-order valence-electron chi connectivity index (χ1n) is 12.9. The average molecular weight is 424 g/mol. The van der Waals surface area contributed by atoms with E-state index in [1.165, 1.54) is 76.2 Å². The molecular formula is C29H45NO. The molecule has 2 aromatic rings. The molecule has 1 aromatic heterocycles. The molecule has 0 saturated heterocycles. The Morgan fingerprint density at radius 1 is 0.839 bits per heavy atom. The molecule has 172 valence electrons. The number of hydrogen-bond donors (Lipinski definition) is 0. The second-order valence-electron chi connectivity index (χ2n) is 9.13. The number of benzene rings is 1. The molecule has 0 radical (unpaired) electrons. The van der Waals surface area contributed by atoms with Gasteiger partial charge in [-0.05, 0) is 61.4 Å². The van der Waals surface area contributed by atoms with Gasteiger partial charge in [0.25, 0.3) is 0 Å². The van der Waals surface area contributed by atoms with Crippen molar-refractivity contribution < 1.29 is 4.74 Å². The topological polar surface area (TPSA) is 22.1 Å². The second kappa shape index (κ2) is 15.9. The Labute approximate surface area is 191 Å². The minimum Gasteiger partial charge on any atom is -0.493 e. The second-order valence-corrected chi connectivity index (χ2v) is 9.13. The third-order valence-electron chi connectivity index (χ3n) is 6.35. The molecule has 2 rings (SSSR count). The fourth-order valence-corrected chi connectivity index (χ4v) is 4.03. The van der Waals surface area contributed by atoms with Crippen molar-refractivity contribution in [1.82, 2.24) is 4.98 Å². The molecule has 1 aromatic carbocycles. The molecule has 2 heteroatoms. The van der Waals surface area contributed by atoms with Gasteiger partial charge in [0, 0.05) is 11.8 Å². The lowest BCUT2D eigenvalue weighted by molar-refractivity contribution is 0.301. The lowest BCUT2D eigenvalue weighted by Crippen LogP contribution is -2.01. The number of aryl methyl sites for hydroxylation is 1. The molecule has 0 aliphatic carbocycles. The highest BCUT2D eigenvalue weighted by molar-refractivity contribution is 5.67. The summed E-state index contributed by atoms with van der Waals surface area (Å²) in [7, 11) is 0. The molecule has 1 unspecified atom stereocenters. The van der Waals surface area contributed by atoms with Crippen LogP contribution in [0.5, 0.6) is 5.75 Å². The summed E-state index contributed by atoms with van der Waals surface area (Å²) < 4.78 is 6.16. The van der Waals surface area contributed by atoms with Gasteiger partial charge < -0.3 is 4.74 Å². The van der Waals surface area contributed by atoms with E-state index in [4.69, 9.17) is 4.74 Å². The number of nitrogens with zero attached hydrogens (tertiary/aromatic N) is 1. The monoisotopic (exact) mass is 423 g/mol. The summed E-state index contributed by atoms with van der Waals surface area (Å²) in [5, 5.41) is 0. The van der Waals surface area contributed by atoms with Crippen LogP contribution in [0, 0.1) is 5.92 Å². The van der Waals surface area contributed by atoms with Gasteiger partial charge in [-0.15, -0.1) is 0 Å². The molecule has 0 fully saturated rings. The summed E-state index contributed by atoms with van der Waals surface area (Å²) in [4.78, 5) is 4.66. The third-order valence-corrected chi connectivity index (χ3v) is 6.35. The molecule has 31 heavy (non-hydrogen) atoms. The van der Waals surface area contributed by atoms with Gasteiger partial charge in [-0.2, -0.15) is 0 Å². The van der Waals surface area contributed by atoms with Crippen LogP contribution in [-0.2, 0) is 6.42 Å². The van der Waals surface area contributed by atoms with Gasteiger partial charge in [-0.3, -0.25) is 4.98 Å². The molecule has 0 N–H and O–H groups in total. The normalized spacial score (nSPS) is 12.1. The quantitative estimate of drug-likeness (QED) is 0.237. The molecule has 1 atom stereocenters. The standard InChI is InChI=1S/C29H45NO/c1-4-6-7-8-9-10-11-12-18-26-21-22-30-28(24-26)27-19-13-14-20-29(27)31-23-16-15-17-25(3)5-2/h13-14,19-22,24-25H,4-12,15-18,23H2,1-3H3. The van der Waals surface area contributed by atoms with Gasteiger partial charge in [0.05, 0.1) is 12.3 Å². The zero-order valence-electron chi connectivity index (χ0n) is 20.4. The fraction of sp³-hybridized carbons (Fsp3) is 0.621. The average Bonchev–Trinajstić information content (AvgIpc) is 2.81. The highest BCUT2D eigenvalue weighted by Gasteiger charge is 2.08. The number of pyridine rings is 1. The van der Waals surface area contributed by atoms with Gasteiger partial charge in [0.15, 0.2) is 0 Å². The van der Waals surface area contributed by atoms with E-state index in [0.717, 1.165) is 42.4 Å². The molecule has 0 spiro atoms. The number of hydrogen-bond acceptors (Lipinski definition) is 2. The number of para-hydroxylation sites is 1. The Bertz CT molecular complexity index is 711. The molecular weight excluding hydrogens is 378 g/mol. The van der Waals surface area contributed by atoms with E-state index < -0.39 is 0 Å². The van der Waals surface area contributed by atoms with E-state index in [2.05, 4.69) is 62.2 Å². The van der Waals surface area contributed by atoms with Crippen LogP contribution in [0.3, 0.4) is 0 Å². The predicted octanol–water partition coefficient (Wildman–Crippen LogP) is 9.03. The van der Waals surface area contributed by atoms with E-state index in [1.807, 2.05) is 6.20 Å². The van der Waals surface area contributed by atoms with Gasteiger partial charge in [0.1, 0.15) is 5.75 Å². The van der Waals surface area contributed by atoms with Crippen LogP contribution in [0.2, 0.25) is 0 Å². The SMILES string of the molecule is CCCCCCCCCCc1ccnc(-c2ccccc2OCCCCC(C)CC)c1. The maximum absolute atomic E-state index is 6.16. The Hall–Kier alpha value is -1.83. The van der Waals surface area contributed by atoms with Crippen molar-refractivity contribution in [3.8, 4) is 17.0 Å². The summed E-state index contributed by atoms with van der Waals surface area (Å²) in [6.07, 6.45) is 18.9. The van der Waals surface area contributed by atoms with Gasteiger partial charge in [-0.1, -0.05) is 90.7 Å².